The number of H-pyrrole nitrogens is 1. The van der Waals surface area contributed by atoms with Crippen LogP contribution in [0.3, 0.4) is 0 Å². The molecule has 0 amide bonds. The highest BCUT2D eigenvalue weighted by molar-refractivity contribution is 8.14. The van der Waals surface area contributed by atoms with Crippen LogP contribution in [0.4, 0.5) is 19.0 Å². The molecule has 1 aromatic heterocycles. The lowest BCUT2D eigenvalue weighted by Crippen LogP contribution is -2.25. The second-order valence-electron chi connectivity index (χ2n) is 4.31. The Hall–Kier alpha value is -1.18. The van der Waals surface area contributed by atoms with E-state index in [1.54, 1.807) is 13.8 Å². The van der Waals surface area contributed by atoms with Gasteiger partial charge in [0.15, 0.2) is 5.82 Å². The fourth-order valence-corrected chi connectivity index (χ4v) is 2.76. The van der Waals surface area contributed by atoms with Gasteiger partial charge in [-0.15, -0.1) is 0 Å². The largest absolute Gasteiger partial charge is 0.405 e. The molecule has 1 aromatic rings. The minimum absolute atomic E-state index is 0.0913. The Kier molecular flexibility index (Phi) is 3.08. The lowest BCUT2D eigenvalue weighted by atomic mass is 10.2. The molecule has 0 saturated carbocycles. The molecule has 0 fully saturated rings. The van der Waals surface area contributed by atoms with Crippen LogP contribution in [0, 0.1) is 0 Å². The lowest BCUT2D eigenvalue weighted by molar-refractivity contribution is -0.129. The number of aromatic nitrogens is 2. The first-order chi connectivity index (χ1) is 8.21. The van der Waals surface area contributed by atoms with Crippen molar-refractivity contribution in [2.75, 3.05) is 0 Å². The van der Waals surface area contributed by atoms with E-state index in [1.165, 1.54) is 11.6 Å². The van der Waals surface area contributed by atoms with Gasteiger partial charge in [0, 0.05) is 6.04 Å². The van der Waals surface area contributed by atoms with E-state index < -0.39 is 17.0 Å². The van der Waals surface area contributed by atoms with E-state index in [0.29, 0.717) is 16.8 Å². The molecule has 1 aliphatic rings. The predicted octanol–water partition coefficient (Wildman–Crippen LogP) is 3.16. The van der Waals surface area contributed by atoms with Crippen molar-refractivity contribution in [3.63, 3.8) is 0 Å². The molecule has 0 unspecified atom stereocenters. The summed E-state index contributed by atoms with van der Waals surface area (Å²) in [5.41, 5.74) is -1.02. The molecule has 8 heteroatoms. The van der Waals surface area contributed by atoms with Gasteiger partial charge in [-0.05, 0) is 20.8 Å². The molecule has 1 atom stereocenters. The van der Waals surface area contributed by atoms with Crippen molar-refractivity contribution < 1.29 is 13.2 Å². The van der Waals surface area contributed by atoms with Crippen molar-refractivity contribution in [2.24, 2.45) is 4.99 Å². The minimum Gasteiger partial charge on any atom is -0.268 e. The molecule has 0 aromatic carbocycles. The Balaban J connectivity index is 2.67. The van der Waals surface area contributed by atoms with Crippen LogP contribution in [-0.2, 0) is 0 Å². The van der Waals surface area contributed by atoms with E-state index in [9.17, 15) is 18.0 Å². The Morgan fingerprint density at radius 1 is 1.44 bits per heavy atom. The number of alkyl halides is 3. The summed E-state index contributed by atoms with van der Waals surface area (Å²) in [6.07, 6.45) is -4.47. The summed E-state index contributed by atoms with van der Waals surface area (Å²) >= 11 is 0.567. The first-order valence-corrected chi connectivity index (χ1v) is 6.23. The standard InChI is InChI=1S/C10H12F3N3OS/c1-4(2)16-8-6(9(17)15-16)7(10(11,12)13)18-5(3)14-8/h4,7H,1-3H3,(H,15,17)/t7-/m1/s1. The number of hydrogen-bond donors (Lipinski definition) is 1. The molecule has 2 heterocycles. The van der Waals surface area contributed by atoms with E-state index in [0.717, 1.165) is 0 Å². The maximum absolute atomic E-state index is 12.9. The summed E-state index contributed by atoms with van der Waals surface area (Å²) in [7, 11) is 0. The van der Waals surface area contributed by atoms with E-state index in [-0.39, 0.29) is 17.4 Å². The Bertz CT molecular complexity index is 556. The highest BCUT2D eigenvalue weighted by atomic mass is 32.2. The van der Waals surface area contributed by atoms with Crippen LogP contribution in [-0.4, -0.2) is 21.0 Å². The van der Waals surface area contributed by atoms with Gasteiger partial charge in [0.2, 0.25) is 0 Å². The van der Waals surface area contributed by atoms with Gasteiger partial charge in [0.25, 0.3) is 5.56 Å². The lowest BCUT2D eigenvalue weighted by Gasteiger charge is -2.22. The summed E-state index contributed by atoms with van der Waals surface area (Å²) in [4.78, 5) is 15.8. The molecule has 2 rings (SSSR count). The zero-order valence-corrected chi connectivity index (χ0v) is 10.8. The van der Waals surface area contributed by atoms with Gasteiger partial charge in [0.05, 0.1) is 10.6 Å². The van der Waals surface area contributed by atoms with Gasteiger partial charge >= 0.3 is 6.18 Å². The summed E-state index contributed by atoms with van der Waals surface area (Å²) in [5.74, 6) is 0.0913. The summed E-state index contributed by atoms with van der Waals surface area (Å²) in [6.45, 7) is 5.05. The first kappa shape index (κ1) is 13.3. The van der Waals surface area contributed by atoms with Gasteiger partial charge in [-0.25, -0.2) is 4.99 Å². The van der Waals surface area contributed by atoms with Crippen LogP contribution in [0.5, 0.6) is 0 Å². The van der Waals surface area contributed by atoms with Crippen LogP contribution in [0.15, 0.2) is 9.79 Å². The van der Waals surface area contributed by atoms with Gasteiger partial charge < -0.3 is 0 Å². The zero-order chi connectivity index (χ0) is 13.7. The fourth-order valence-electron chi connectivity index (χ4n) is 1.81. The molecule has 18 heavy (non-hydrogen) atoms. The van der Waals surface area contributed by atoms with Crippen molar-refractivity contribution in [3.05, 3.63) is 15.9 Å². The monoisotopic (exact) mass is 279 g/mol. The normalized spacial score (nSPS) is 19.9. The molecular weight excluding hydrogens is 267 g/mol. The minimum atomic E-state index is -4.47. The maximum atomic E-state index is 12.9. The molecule has 0 spiro atoms. The Morgan fingerprint density at radius 3 is 2.56 bits per heavy atom. The van der Waals surface area contributed by atoms with E-state index in [1.807, 2.05) is 0 Å². The first-order valence-electron chi connectivity index (χ1n) is 5.35. The van der Waals surface area contributed by atoms with Crippen LogP contribution in [0.1, 0.15) is 37.6 Å². The average Bonchev–Trinajstić information content (AvgIpc) is 2.53. The van der Waals surface area contributed by atoms with Crippen LogP contribution in [0.25, 0.3) is 0 Å². The van der Waals surface area contributed by atoms with E-state index in [4.69, 9.17) is 0 Å². The third-order valence-electron chi connectivity index (χ3n) is 2.56. The summed E-state index contributed by atoms with van der Waals surface area (Å²) in [6, 6.07) is -0.157. The van der Waals surface area contributed by atoms with Crippen LogP contribution in [0.2, 0.25) is 0 Å². The molecule has 1 aliphatic heterocycles. The second-order valence-corrected chi connectivity index (χ2v) is 5.61. The number of nitrogens with zero attached hydrogens (tertiary/aromatic N) is 2. The number of fused-ring (bicyclic) bond motifs is 1. The predicted molar refractivity (Wildman–Crippen MR) is 64.6 cm³/mol. The molecule has 0 aliphatic carbocycles. The fraction of sp³-hybridized carbons (Fsp3) is 0.600. The quantitative estimate of drug-likeness (QED) is 0.858. The summed E-state index contributed by atoms with van der Waals surface area (Å²) in [5, 5.41) is 0.883. The molecule has 4 nitrogen and oxygen atoms in total. The van der Waals surface area contributed by atoms with Gasteiger partial charge in [0.1, 0.15) is 5.25 Å². The van der Waals surface area contributed by atoms with Gasteiger partial charge in [-0.2, -0.15) is 13.2 Å². The van der Waals surface area contributed by atoms with Crippen molar-refractivity contribution in [3.8, 4) is 0 Å². The number of aromatic amines is 1. The SMILES string of the molecule is CC1=Nc2c(c(=O)[nH]n2C(C)C)[C@H](C(F)(F)F)S1. The third-order valence-corrected chi connectivity index (χ3v) is 3.73. The molecule has 0 bridgehead atoms. The number of rotatable bonds is 1. The molecular formula is C10H12F3N3OS. The van der Waals surface area contributed by atoms with Gasteiger partial charge in [-0.3, -0.25) is 14.6 Å². The zero-order valence-electron chi connectivity index (χ0n) is 10.00. The topological polar surface area (TPSA) is 50.1 Å². The van der Waals surface area contributed by atoms with Crippen LogP contribution < -0.4 is 5.56 Å². The summed E-state index contributed by atoms with van der Waals surface area (Å²) < 4.78 is 40.2. The number of thioether (sulfide) groups is 1. The Morgan fingerprint density at radius 2 is 2.06 bits per heavy atom. The van der Waals surface area contributed by atoms with Crippen molar-refractivity contribution in [1.82, 2.24) is 9.78 Å². The maximum Gasteiger partial charge on any atom is 0.405 e. The van der Waals surface area contributed by atoms with Crippen molar-refractivity contribution in [2.45, 2.75) is 38.2 Å². The highest BCUT2D eigenvalue weighted by Crippen LogP contribution is 2.48. The molecule has 0 radical (unpaired) electrons. The number of aliphatic imine (C=N–C) groups is 1. The van der Waals surface area contributed by atoms with Crippen LogP contribution >= 0.6 is 11.8 Å². The smallest absolute Gasteiger partial charge is 0.268 e. The highest BCUT2D eigenvalue weighted by Gasteiger charge is 2.47. The molecule has 0 saturated heterocycles. The number of nitrogens with one attached hydrogen (secondary N) is 1. The van der Waals surface area contributed by atoms with Crippen molar-refractivity contribution >= 4 is 22.6 Å². The molecule has 1 N–H and O–H groups in total. The van der Waals surface area contributed by atoms with E-state index in [2.05, 4.69) is 10.1 Å². The average molecular weight is 279 g/mol. The number of halogens is 3. The van der Waals surface area contributed by atoms with Gasteiger partial charge in [-0.1, -0.05) is 11.8 Å². The Labute approximate surface area is 105 Å². The third kappa shape index (κ3) is 2.09. The van der Waals surface area contributed by atoms with E-state index >= 15 is 0 Å². The second kappa shape index (κ2) is 4.18. The van der Waals surface area contributed by atoms with Crippen molar-refractivity contribution in [1.29, 1.82) is 0 Å². The molecule has 100 valence electrons. The number of hydrogen-bond acceptors (Lipinski definition) is 3.